The highest BCUT2D eigenvalue weighted by molar-refractivity contribution is 6.11. The number of ketones is 1. The fraction of sp³-hybridized carbons (Fsp3) is 0.389. The highest BCUT2D eigenvalue weighted by Crippen LogP contribution is 2.42. The van der Waals surface area contributed by atoms with Crippen molar-refractivity contribution < 1.29 is 24.0 Å². The Balaban J connectivity index is 2.04. The minimum absolute atomic E-state index is 0.0463. The number of rotatable bonds is 3. The van der Waals surface area contributed by atoms with E-state index in [4.69, 9.17) is 4.74 Å². The second-order valence-corrected chi connectivity index (χ2v) is 6.59. The monoisotopic (exact) mass is 358 g/mol. The predicted octanol–water partition coefficient (Wildman–Crippen LogP) is 1.85. The van der Waals surface area contributed by atoms with Crippen LogP contribution in [0.5, 0.6) is 0 Å². The molecule has 0 unspecified atom stereocenters. The summed E-state index contributed by atoms with van der Waals surface area (Å²) in [5.74, 6) is -2.89. The van der Waals surface area contributed by atoms with Crippen LogP contribution in [0.15, 0.2) is 35.5 Å². The van der Waals surface area contributed by atoms with Crippen molar-refractivity contribution in [2.75, 3.05) is 7.11 Å². The van der Waals surface area contributed by atoms with Gasteiger partial charge in [0, 0.05) is 35.7 Å². The van der Waals surface area contributed by atoms with E-state index in [0.717, 1.165) is 0 Å². The molecule has 0 bridgehead atoms. The first kappa shape index (κ1) is 17.8. The van der Waals surface area contributed by atoms with Gasteiger partial charge in [-0.2, -0.15) is 0 Å². The van der Waals surface area contributed by atoms with Crippen molar-refractivity contribution in [3.63, 3.8) is 0 Å². The molecule has 0 spiro atoms. The Morgan fingerprint density at radius 1 is 1.23 bits per heavy atom. The number of nitro benzene ring substituents is 1. The molecule has 1 aromatic carbocycles. The topological polar surface area (TPSA) is 116 Å². The van der Waals surface area contributed by atoms with Crippen molar-refractivity contribution in [3.8, 4) is 0 Å². The average molecular weight is 358 g/mol. The van der Waals surface area contributed by atoms with Crippen LogP contribution in [-0.2, 0) is 19.1 Å². The predicted molar refractivity (Wildman–Crippen MR) is 89.9 cm³/mol. The number of carbonyl (C=O) groups is 3. The van der Waals surface area contributed by atoms with Gasteiger partial charge in [-0.25, -0.2) is 0 Å². The number of hydrogen-bond donors (Lipinski definition) is 1. The van der Waals surface area contributed by atoms with Gasteiger partial charge in [0.2, 0.25) is 5.91 Å². The van der Waals surface area contributed by atoms with Gasteiger partial charge in [-0.05, 0) is 17.9 Å². The first-order chi connectivity index (χ1) is 12.3. The van der Waals surface area contributed by atoms with Crippen LogP contribution in [-0.4, -0.2) is 29.7 Å². The Hall–Kier alpha value is -3.03. The zero-order valence-electron chi connectivity index (χ0n) is 14.4. The number of benzene rings is 1. The Bertz CT molecular complexity index is 827. The number of amides is 1. The molecule has 1 N–H and O–H groups in total. The SMILES string of the molecule is COC(=O)[C@@H]1C(=O)C2=C(C[C@@H]1C)NC(=O)C[C@@H]2c1ccc([N+](=O)[O-])cc1. The summed E-state index contributed by atoms with van der Waals surface area (Å²) in [5, 5.41) is 13.6. The van der Waals surface area contributed by atoms with Crippen molar-refractivity contribution in [2.45, 2.75) is 25.7 Å². The van der Waals surface area contributed by atoms with E-state index >= 15 is 0 Å². The quantitative estimate of drug-likeness (QED) is 0.381. The summed E-state index contributed by atoms with van der Waals surface area (Å²) in [6.45, 7) is 1.77. The van der Waals surface area contributed by atoms with E-state index in [1.807, 2.05) is 0 Å². The Labute approximate surface area is 149 Å². The first-order valence-corrected chi connectivity index (χ1v) is 8.22. The zero-order chi connectivity index (χ0) is 19.0. The molecule has 1 amide bonds. The standard InChI is InChI=1S/C18H18N2O6/c1-9-7-13-16(17(22)15(9)18(23)26-2)12(8-14(21)19-13)10-3-5-11(6-4-10)20(24)25/h3-6,9,12,15H,7-8H2,1-2H3,(H,19,21)/t9-,12+,15-/m0/s1. The molecule has 136 valence electrons. The molecule has 0 aromatic heterocycles. The number of esters is 1. The lowest BCUT2D eigenvalue weighted by Crippen LogP contribution is -2.44. The number of nitro groups is 1. The molecule has 1 heterocycles. The molecule has 2 aliphatic rings. The Morgan fingerprint density at radius 3 is 2.46 bits per heavy atom. The molecule has 8 heteroatoms. The second-order valence-electron chi connectivity index (χ2n) is 6.59. The highest BCUT2D eigenvalue weighted by Gasteiger charge is 2.45. The van der Waals surface area contributed by atoms with Crippen LogP contribution in [0, 0.1) is 22.0 Å². The van der Waals surface area contributed by atoms with Crippen molar-refractivity contribution >= 4 is 23.3 Å². The summed E-state index contributed by atoms with van der Waals surface area (Å²) in [6.07, 6.45) is 0.431. The second kappa shape index (κ2) is 6.70. The number of nitrogens with one attached hydrogen (secondary N) is 1. The summed E-state index contributed by atoms with van der Waals surface area (Å²) < 4.78 is 4.77. The third-order valence-electron chi connectivity index (χ3n) is 4.96. The molecular weight excluding hydrogens is 340 g/mol. The van der Waals surface area contributed by atoms with Gasteiger partial charge in [0.1, 0.15) is 5.92 Å². The summed E-state index contributed by atoms with van der Waals surface area (Å²) in [6, 6.07) is 5.78. The summed E-state index contributed by atoms with van der Waals surface area (Å²) in [5.41, 5.74) is 1.48. The van der Waals surface area contributed by atoms with E-state index < -0.39 is 22.7 Å². The highest BCUT2D eigenvalue weighted by atomic mass is 16.6. The lowest BCUT2D eigenvalue weighted by atomic mass is 9.70. The fourth-order valence-corrected chi connectivity index (χ4v) is 3.71. The van der Waals surface area contributed by atoms with Crippen molar-refractivity contribution in [3.05, 3.63) is 51.2 Å². The van der Waals surface area contributed by atoms with E-state index in [1.54, 1.807) is 19.1 Å². The van der Waals surface area contributed by atoms with Gasteiger partial charge >= 0.3 is 5.97 Å². The van der Waals surface area contributed by atoms with Gasteiger partial charge in [-0.3, -0.25) is 24.5 Å². The van der Waals surface area contributed by atoms with Gasteiger partial charge < -0.3 is 10.1 Å². The number of Topliss-reactive ketones (excluding diaryl/α,β-unsaturated/α-hetero) is 1. The smallest absolute Gasteiger partial charge is 0.316 e. The lowest BCUT2D eigenvalue weighted by molar-refractivity contribution is -0.384. The van der Waals surface area contributed by atoms with Crippen LogP contribution in [0.2, 0.25) is 0 Å². The van der Waals surface area contributed by atoms with Crippen LogP contribution in [0.25, 0.3) is 0 Å². The van der Waals surface area contributed by atoms with Crippen molar-refractivity contribution in [1.29, 1.82) is 0 Å². The minimum Gasteiger partial charge on any atom is -0.468 e. The molecule has 1 aliphatic carbocycles. The number of non-ortho nitro benzene ring substituents is 1. The number of ether oxygens (including phenoxy) is 1. The molecule has 0 saturated heterocycles. The van der Waals surface area contributed by atoms with Crippen LogP contribution in [0.1, 0.15) is 31.2 Å². The lowest BCUT2D eigenvalue weighted by Gasteiger charge is -2.36. The van der Waals surface area contributed by atoms with Gasteiger partial charge in [0.25, 0.3) is 5.69 Å². The summed E-state index contributed by atoms with van der Waals surface area (Å²) in [4.78, 5) is 47.5. The number of nitrogens with zero attached hydrogens (tertiary/aromatic N) is 1. The van der Waals surface area contributed by atoms with E-state index in [2.05, 4.69) is 5.32 Å². The van der Waals surface area contributed by atoms with Crippen molar-refractivity contribution in [2.24, 2.45) is 11.8 Å². The molecule has 1 aliphatic heterocycles. The molecule has 3 rings (SSSR count). The molecule has 8 nitrogen and oxygen atoms in total. The molecule has 0 saturated carbocycles. The first-order valence-electron chi connectivity index (χ1n) is 8.22. The Morgan fingerprint density at radius 2 is 1.88 bits per heavy atom. The number of methoxy groups -OCH3 is 1. The minimum atomic E-state index is -0.908. The largest absolute Gasteiger partial charge is 0.468 e. The maximum Gasteiger partial charge on any atom is 0.316 e. The maximum atomic E-state index is 13.0. The Kier molecular flexibility index (Phi) is 4.58. The van der Waals surface area contributed by atoms with Crippen LogP contribution in [0.3, 0.4) is 0 Å². The number of carbonyl (C=O) groups excluding carboxylic acids is 3. The third kappa shape index (κ3) is 2.98. The molecule has 0 radical (unpaired) electrons. The maximum absolute atomic E-state index is 13.0. The van der Waals surface area contributed by atoms with Gasteiger partial charge in [0.15, 0.2) is 5.78 Å². The molecule has 3 atom stereocenters. The van der Waals surface area contributed by atoms with Gasteiger partial charge in [-0.15, -0.1) is 0 Å². The van der Waals surface area contributed by atoms with Crippen LogP contribution < -0.4 is 5.32 Å². The number of allylic oxidation sites excluding steroid dienone is 2. The van der Waals surface area contributed by atoms with E-state index in [9.17, 15) is 24.5 Å². The van der Waals surface area contributed by atoms with E-state index in [-0.39, 0.29) is 29.7 Å². The normalized spacial score (nSPS) is 25.4. The number of hydrogen-bond acceptors (Lipinski definition) is 6. The van der Waals surface area contributed by atoms with Crippen LogP contribution >= 0.6 is 0 Å². The fourth-order valence-electron chi connectivity index (χ4n) is 3.71. The zero-order valence-corrected chi connectivity index (χ0v) is 14.4. The van der Waals surface area contributed by atoms with E-state index in [0.29, 0.717) is 23.3 Å². The molecule has 26 heavy (non-hydrogen) atoms. The van der Waals surface area contributed by atoms with Gasteiger partial charge in [-0.1, -0.05) is 19.1 Å². The third-order valence-corrected chi connectivity index (χ3v) is 4.96. The van der Waals surface area contributed by atoms with Gasteiger partial charge in [0.05, 0.1) is 12.0 Å². The summed E-state index contributed by atoms with van der Waals surface area (Å²) in [7, 11) is 1.24. The summed E-state index contributed by atoms with van der Waals surface area (Å²) >= 11 is 0. The van der Waals surface area contributed by atoms with Crippen LogP contribution in [0.4, 0.5) is 5.69 Å². The molecule has 0 fully saturated rings. The average Bonchev–Trinajstić information content (AvgIpc) is 2.60. The van der Waals surface area contributed by atoms with E-state index in [1.165, 1.54) is 19.2 Å². The van der Waals surface area contributed by atoms with Crippen molar-refractivity contribution in [1.82, 2.24) is 5.32 Å². The molecular formula is C18H18N2O6. The molecule has 1 aromatic rings.